The molecule has 1 fully saturated rings. The normalized spacial score (nSPS) is 17.7. The van der Waals surface area contributed by atoms with Crippen LogP contribution >= 0.6 is 0 Å². The molecule has 3 heterocycles. The van der Waals surface area contributed by atoms with Gasteiger partial charge >= 0.3 is 0 Å². The minimum Gasteiger partial charge on any atom is -0.382 e. The van der Waals surface area contributed by atoms with Crippen molar-refractivity contribution >= 4 is 43.5 Å². The van der Waals surface area contributed by atoms with Crippen molar-refractivity contribution < 1.29 is 13.2 Å². The summed E-state index contributed by atoms with van der Waals surface area (Å²) in [6.07, 6.45) is 2.12. The molecule has 1 unspecified atom stereocenters. The van der Waals surface area contributed by atoms with Crippen molar-refractivity contribution in [2.24, 2.45) is 0 Å². The second kappa shape index (κ2) is 9.64. The molecule has 1 aliphatic rings. The van der Waals surface area contributed by atoms with Crippen LogP contribution < -0.4 is 11.1 Å². The molecule has 1 aromatic carbocycles. The van der Waals surface area contributed by atoms with Gasteiger partial charge in [-0.25, -0.2) is 18.4 Å². The van der Waals surface area contributed by atoms with Crippen LogP contribution in [-0.2, 0) is 27.7 Å². The molecule has 9 nitrogen and oxygen atoms in total. The fourth-order valence-electron chi connectivity index (χ4n) is 4.69. The number of hydrogen-bond acceptors (Lipinski definition) is 7. The molecule has 1 amide bonds. The van der Waals surface area contributed by atoms with Crippen LogP contribution in [0.3, 0.4) is 0 Å². The molecule has 33 heavy (non-hydrogen) atoms. The van der Waals surface area contributed by atoms with Crippen LogP contribution in [-0.4, -0.2) is 64.4 Å². The third kappa shape index (κ3) is 4.96. The van der Waals surface area contributed by atoms with Crippen molar-refractivity contribution in [2.75, 3.05) is 30.3 Å². The molecule has 1 aliphatic heterocycles. The number of sulfone groups is 1. The number of imidazole rings is 1. The van der Waals surface area contributed by atoms with Crippen LogP contribution in [0.4, 0.5) is 5.82 Å². The molecular weight excluding hydrogens is 440 g/mol. The first kappa shape index (κ1) is 23.4. The maximum Gasteiger partial charge on any atom is 0.219 e. The smallest absolute Gasteiger partial charge is 0.219 e. The molecule has 0 saturated carbocycles. The predicted molar refractivity (Wildman–Crippen MR) is 131 cm³/mol. The fraction of sp³-hybridized carbons (Fsp3) is 0.522. The summed E-state index contributed by atoms with van der Waals surface area (Å²) < 4.78 is 25.9. The van der Waals surface area contributed by atoms with Gasteiger partial charge in [-0.3, -0.25) is 4.79 Å². The summed E-state index contributed by atoms with van der Waals surface area (Å²) in [6, 6.07) is 7.71. The maximum atomic E-state index is 12.2. The first-order valence-corrected chi connectivity index (χ1v) is 13.3. The van der Waals surface area contributed by atoms with Gasteiger partial charge < -0.3 is 20.5 Å². The summed E-state index contributed by atoms with van der Waals surface area (Å²) in [5, 5.41) is 4.36. The van der Waals surface area contributed by atoms with Gasteiger partial charge in [0.25, 0.3) is 0 Å². The molecule has 2 aromatic heterocycles. The van der Waals surface area contributed by atoms with E-state index in [4.69, 9.17) is 10.7 Å². The Morgan fingerprint density at radius 1 is 1.27 bits per heavy atom. The zero-order chi connectivity index (χ0) is 23.6. The first-order chi connectivity index (χ1) is 15.8. The zero-order valence-corrected chi connectivity index (χ0v) is 20.1. The van der Waals surface area contributed by atoms with Gasteiger partial charge in [0.1, 0.15) is 11.3 Å². The number of pyridine rings is 1. The number of carbonyl (C=O) groups excluding carboxylic acids is 1. The third-order valence-electron chi connectivity index (χ3n) is 6.31. The summed E-state index contributed by atoms with van der Waals surface area (Å²) in [7, 11) is -3.03. The largest absolute Gasteiger partial charge is 0.382 e. The summed E-state index contributed by atoms with van der Waals surface area (Å²) in [5.41, 5.74) is 8.78. The van der Waals surface area contributed by atoms with E-state index in [1.165, 1.54) is 6.92 Å². The summed E-state index contributed by atoms with van der Waals surface area (Å²) in [5.74, 6) is 1.50. The van der Waals surface area contributed by atoms with Crippen LogP contribution in [0, 0.1) is 0 Å². The number of nitrogens with two attached hydrogens (primary N) is 1. The lowest BCUT2D eigenvalue weighted by Crippen LogP contribution is -2.40. The highest BCUT2D eigenvalue weighted by molar-refractivity contribution is 7.91. The molecule has 0 aliphatic carbocycles. The van der Waals surface area contributed by atoms with Crippen molar-refractivity contribution in [1.82, 2.24) is 24.8 Å². The number of amides is 1. The number of unbranched alkanes of at least 4 members (excludes halogenated alkanes) is 1. The van der Waals surface area contributed by atoms with Crippen LogP contribution in [0.2, 0.25) is 0 Å². The number of hydrogen-bond donors (Lipinski definition) is 2. The molecule has 0 bridgehead atoms. The number of nitrogen functional groups attached to an aromatic ring is 1. The second-order valence-corrected chi connectivity index (χ2v) is 10.9. The number of benzene rings is 1. The number of aryl methyl sites for hydroxylation is 1. The number of aromatic nitrogens is 3. The Morgan fingerprint density at radius 2 is 2.06 bits per heavy atom. The van der Waals surface area contributed by atoms with E-state index >= 15 is 0 Å². The lowest BCUT2D eigenvalue weighted by molar-refractivity contribution is -0.130. The van der Waals surface area contributed by atoms with Gasteiger partial charge in [0, 0.05) is 31.4 Å². The average Bonchev–Trinajstić information content (AvgIpc) is 3.32. The van der Waals surface area contributed by atoms with Gasteiger partial charge in [0.15, 0.2) is 15.7 Å². The Bertz CT molecular complexity index is 1270. The van der Waals surface area contributed by atoms with Crippen molar-refractivity contribution in [1.29, 1.82) is 0 Å². The minimum absolute atomic E-state index is 0.0668. The Hall–Kier alpha value is -2.72. The number of rotatable bonds is 9. The summed E-state index contributed by atoms with van der Waals surface area (Å²) in [6.45, 7) is 6.30. The number of anilines is 1. The Morgan fingerprint density at radius 3 is 2.76 bits per heavy atom. The van der Waals surface area contributed by atoms with Crippen molar-refractivity contribution in [3.05, 3.63) is 30.1 Å². The highest BCUT2D eigenvalue weighted by atomic mass is 32.2. The van der Waals surface area contributed by atoms with E-state index in [9.17, 15) is 13.2 Å². The first-order valence-electron chi connectivity index (χ1n) is 11.5. The topological polar surface area (TPSA) is 123 Å². The summed E-state index contributed by atoms with van der Waals surface area (Å²) >= 11 is 0. The zero-order valence-electron chi connectivity index (χ0n) is 19.2. The lowest BCUT2D eigenvalue weighted by atomic mass is 10.1. The molecule has 1 atom stereocenters. The number of nitrogens with zero attached hydrogens (tertiary/aromatic N) is 4. The van der Waals surface area contributed by atoms with Crippen LogP contribution in [0.1, 0.15) is 38.9 Å². The van der Waals surface area contributed by atoms with Crippen molar-refractivity contribution in [2.45, 2.75) is 52.2 Å². The van der Waals surface area contributed by atoms with E-state index in [0.29, 0.717) is 30.8 Å². The van der Waals surface area contributed by atoms with Crippen LogP contribution in [0.25, 0.3) is 21.9 Å². The second-order valence-electron chi connectivity index (χ2n) is 8.65. The van der Waals surface area contributed by atoms with Crippen molar-refractivity contribution in [3.8, 4) is 0 Å². The van der Waals surface area contributed by atoms with Crippen molar-refractivity contribution in [3.63, 3.8) is 0 Å². The van der Waals surface area contributed by atoms with E-state index in [2.05, 4.69) is 21.8 Å². The maximum absolute atomic E-state index is 12.2. The number of para-hydroxylation sites is 1. The van der Waals surface area contributed by atoms with Gasteiger partial charge in [-0.05, 0) is 31.9 Å². The minimum atomic E-state index is -3.03. The highest BCUT2D eigenvalue weighted by Crippen LogP contribution is 2.29. The number of carbonyl (C=O) groups is 1. The Balaban J connectivity index is 1.55. The van der Waals surface area contributed by atoms with Gasteiger partial charge in [-0.1, -0.05) is 25.1 Å². The quantitative estimate of drug-likeness (QED) is 0.457. The van der Waals surface area contributed by atoms with E-state index in [1.807, 2.05) is 24.3 Å². The molecule has 0 radical (unpaired) electrons. The van der Waals surface area contributed by atoms with E-state index in [0.717, 1.165) is 48.2 Å². The monoisotopic (exact) mass is 472 g/mol. The molecule has 3 aromatic rings. The van der Waals surface area contributed by atoms with Crippen LogP contribution in [0.15, 0.2) is 24.3 Å². The number of fused-ring (bicyclic) bond motifs is 3. The van der Waals surface area contributed by atoms with E-state index < -0.39 is 9.84 Å². The lowest BCUT2D eigenvalue weighted by Gasteiger charge is -2.27. The fourth-order valence-corrected chi connectivity index (χ4v) is 6.42. The SMILES string of the molecule is CCNCc1nc2c(N)nc3ccccc3c2n1CCCCN(C(C)=O)C1CCS(=O)(=O)C1. The molecule has 4 rings (SSSR count). The highest BCUT2D eigenvalue weighted by Gasteiger charge is 2.33. The number of nitrogens with one attached hydrogen (secondary N) is 1. The Labute approximate surface area is 194 Å². The predicted octanol–water partition coefficient (Wildman–Crippen LogP) is 2.09. The standard InChI is InChI=1S/C23H32N6O3S/c1-3-25-14-20-27-21-22(18-8-4-5-9-19(18)26-23(21)24)29(20)12-7-6-11-28(16(2)30)17-10-13-33(31,32)15-17/h4-5,8-9,17,25H,3,6-7,10-15H2,1-2H3,(H2,24,26). The summed E-state index contributed by atoms with van der Waals surface area (Å²) in [4.78, 5) is 23.2. The van der Waals surface area contributed by atoms with E-state index in [1.54, 1.807) is 4.90 Å². The van der Waals surface area contributed by atoms with Gasteiger partial charge in [0.05, 0.1) is 29.1 Å². The van der Waals surface area contributed by atoms with Crippen LogP contribution in [0.5, 0.6) is 0 Å². The van der Waals surface area contributed by atoms with Gasteiger partial charge in [-0.15, -0.1) is 0 Å². The van der Waals surface area contributed by atoms with Gasteiger partial charge in [0.2, 0.25) is 5.91 Å². The Kier molecular flexibility index (Phi) is 6.85. The molecule has 0 spiro atoms. The van der Waals surface area contributed by atoms with Gasteiger partial charge in [-0.2, -0.15) is 0 Å². The molecule has 10 heteroatoms. The average molecular weight is 473 g/mol. The molecule has 178 valence electrons. The third-order valence-corrected chi connectivity index (χ3v) is 8.06. The van der Waals surface area contributed by atoms with E-state index in [-0.39, 0.29) is 23.5 Å². The molecule has 1 saturated heterocycles. The molecular formula is C23H32N6O3S. The molecule has 3 N–H and O–H groups in total.